The standard InChI is InChI=1S/C28H21N3O/c1-20-15-16-27(32)24(17-20)28(21-9-3-2-4-10-21)31-26-14-8-7-13-25(26)30-19-23-12-6-5-11-22(23)18-29/h2-17,19,32H,1H3. The molecule has 0 aliphatic carbocycles. The zero-order valence-corrected chi connectivity index (χ0v) is 17.6. The minimum absolute atomic E-state index is 0.169. The fourth-order valence-electron chi connectivity index (χ4n) is 3.35. The molecular formula is C28H21N3O. The lowest BCUT2D eigenvalue weighted by atomic mass is 9.99. The van der Waals surface area contributed by atoms with Crippen molar-refractivity contribution < 1.29 is 5.11 Å². The Morgan fingerprint density at radius 1 is 0.844 bits per heavy atom. The van der Waals surface area contributed by atoms with E-state index in [-0.39, 0.29) is 5.75 Å². The molecule has 0 amide bonds. The Kier molecular flexibility index (Phi) is 6.20. The van der Waals surface area contributed by atoms with E-state index >= 15 is 0 Å². The first-order valence-corrected chi connectivity index (χ1v) is 10.2. The highest BCUT2D eigenvalue weighted by Gasteiger charge is 2.13. The Bertz CT molecular complexity index is 1350. The highest BCUT2D eigenvalue weighted by atomic mass is 16.3. The summed E-state index contributed by atoms with van der Waals surface area (Å²) in [5.41, 5.74) is 5.87. The predicted octanol–water partition coefficient (Wildman–Crippen LogP) is 6.49. The van der Waals surface area contributed by atoms with Crippen molar-refractivity contribution in [3.8, 4) is 11.8 Å². The van der Waals surface area contributed by atoms with Crippen LogP contribution in [-0.4, -0.2) is 17.0 Å². The molecule has 4 aromatic rings. The number of rotatable bonds is 5. The second kappa shape index (κ2) is 9.55. The lowest BCUT2D eigenvalue weighted by Gasteiger charge is -2.11. The summed E-state index contributed by atoms with van der Waals surface area (Å²) < 4.78 is 0. The Morgan fingerprint density at radius 3 is 2.31 bits per heavy atom. The quantitative estimate of drug-likeness (QED) is 0.378. The van der Waals surface area contributed by atoms with E-state index in [0.29, 0.717) is 28.2 Å². The number of phenolic OH excluding ortho intramolecular Hbond substituents is 1. The normalized spacial score (nSPS) is 11.4. The maximum absolute atomic E-state index is 10.6. The predicted molar refractivity (Wildman–Crippen MR) is 129 cm³/mol. The van der Waals surface area contributed by atoms with Crippen molar-refractivity contribution in [2.75, 3.05) is 0 Å². The third-order valence-electron chi connectivity index (χ3n) is 4.99. The molecule has 4 nitrogen and oxygen atoms in total. The van der Waals surface area contributed by atoms with E-state index in [2.05, 4.69) is 11.1 Å². The molecule has 0 saturated carbocycles. The molecule has 0 aliphatic rings. The average Bonchev–Trinajstić information content (AvgIpc) is 2.84. The van der Waals surface area contributed by atoms with E-state index in [4.69, 9.17) is 4.99 Å². The van der Waals surface area contributed by atoms with Gasteiger partial charge in [0, 0.05) is 22.9 Å². The van der Waals surface area contributed by atoms with Crippen LogP contribution < -0.4 is 0 Å². The minimum atomic E-state index is 0.169. The monoisotopic (exact) mass is 415 g/mol. The van der Waals surface area contributed by atoms with Crippen LogP contribution in [0.25, 0.3) is 0 Å². The average molecular weight is 415 g/mol. The van der Waals surface area contributed by atoms with Gasteiger partial charge in [0.25, 0.3) is 0 Å². The third kappa shape index (κ3) is 4.63. The highest BCUT2D eigenvalue weighted by molar-refractivity contribution is 6.15. The number of aliphatic imine (C=N–C) groups is 2. The van der Waals surface area contributed by atoms with Crippen LogP contribution in [0.5, 0.6) is 5.75 Å². The largest absolute Gasteiger partial charge is 0.507 e. The first-order chi connectivity index (χ1) is 15.7. The second-order valence-corrected chi connectivity index (χ2v) is 7.29. The number of hydrogen-bond donors (Lipinski definition) is 1. The molecule has 4 aromatic carbocycles. The van der Waals surface area contributed by atoms with Gasteiger partial charge in [-0.15, -0.1) is 0 Å². The van der Waals surface area contributed by atoms with Crippen molar-refractivity contribution >= 4 is 23.3 Å². The van der Waals surface area contributed by atoms with Gasteiger partial charge in [-0.05, 0) is 37.3 Å². The van der Waals surface area contributed by atoms with E-state index in [9.17, 15) is 10.4 Å². The molecule has 0 radical (unpaired) electrons. The zero-order chi connectivity index (χ0) is 22.3. The van der Waals surface area contributed by atoms with Crippen LogP contribution in [0.2, 0.25) is 0 Å². The Morgan fingerprint density at radius 2 is 1.53 bits per heavy atom. The van der Waals surface area contributed by atoms with Crippen molar-refractivity contribution in [1.82, 2.24) is 0 Å². The Hall–Kier alpha value is -4.49. The van der Waals surface area contributed by atoms with E-state index in [1.807, 2.05) is 91.9 Å². The van der Waals surface area contributed by atoms with Crippen molar-refractivity contribution in [2.45, 2.75) is 6.92 Å². The number of aromatic hydroxyl groups is 1. The van der Waals surface area contributed by atoms with Crippen molar-refractivity contribution in [3.63, 3.8) is 0 Å². The van der Waals surface area contributed by atoms with Gasteiger partial charge in [0.2, 0.25) is 0 Å². The van der Waals surface area contributed by atoms with Crippen LogP contribution in [-0.2, 0) is 0 Å². The van der Waals surface area contributed by atoms with E-state index in [1.54, 1.807) is 18.3 Å². The summed E-state index contributed by atoms with van der Waals surface area (Å²) in [4.78, 5) is 9.55. The second-order valence-electron chi connectivity index (χ2n) is 7.29. The Balaban J connectivity index is 1.84. The van der Waals surface area contributed by atoms with Crippen LogP contribution in [0.3, 0.4) is 0 Å². The van der Waals surface area contributed by atoms with Crippen LogP contribution in [0.4, 0.5) is 11.4 Å². The van der Waals surface area contributed by atoms with Crippen molar-refractivity contribution in [2.24, 2.45) is 9.98 Å². The molecule has 0 spiro atoms. The van der Waals surface area contributed by atoms with Crippen LogP contribution in [0, 0.1) is 18.3 Å². The van der Waals surface area contributed by atoms with Crippen LogP contribution in [0.1, 0.15) is 27.8 Å². The maximum atomic E-state index is 10.6. The molecule has 4 rings (SSSR count). The summed E-state index contributed by atoms with van der Waals surface area (Å²) in [5, 5.41) is 19.9. The first-order valence-electron chi connectivity index (χ1n) is 10.2. The molecule has 154 valence electrons. The Labute approximate surface area is 187 Å². The zero-order valence-electron chi connectivity index (χ0n) is 17.6. The van der Waals surface area contributed by atoms with Gasteiger partial charge in [-0.25, -0.2) is 4.99 Å². The summed E-state index contributed by atoms with van der Waals surface area (Å²) in [6.07, 6.45) is 1.68. The molecule has 1 N–H and O–H groups in total. The number of phenols is 1. The van der Waals surface area contributed by atoms with Gasteiger partial charge in [-0.1, -0.05) is 72.3 Å². The topological polar surface area (TPSA) is 68.7 Å². The molecule has 0 aliphatic heterocycles. The number of para-hydroxylation sites is 2. The SMILES string of the molecule is Cc1ccc(O)c(C(=Nc2ccccc2N=Cc2ccccc2C#N)c2ccccc2)c1. The van der Waals surface area contributed by atoms with Crippen molar-refractivity contribution in [3.05, 3.63) is 125 Å². The number of hydrogen-bond acceptors (Lipinski definition) is 4. The van der Waals surface area contributed by atoms with Gasteiger partial charge in [0.1, 0.15) is 5.75 Å². The van der Waals surface area contributed by atoms with Gasteiger partial charge < -0.3 is 5.11 Å². The molecule has 0 heterocycles. The fraction of sp³-hybridized carbons (Fsp3) is 0.0357. The number of nitrogens with zero attached hydrogens (tertiary/aromatic N) is 3. The van der Waals surface area contributed by atoms with Gasteiger partial charge >= 0.3 is 0 Å². The molecular weight excluding hydrogens is 394 g/mol. The van der Waals surface area contributed by atoms with E-state index in [0.717, 1.165) is 16.7 Å². The summed E-state index contributed by atoms with van der Waals surface area (Å²) in [6.45, 7) is 1.98. The van der Waals surface area contributed by atoms with Gasteiger partial charge in [0.05, 0.1) is 28.7 Å². The first kappa shape index (κ1) is 20.8. The van der Waals surface area contributed by atoms with Gasteiger partial charge in [0.15, 0.2) is 0 Å². The fourth-order valence-corrected chi connectivity index (χ4v) is 3.35. The lowest BCUT2D eigenvalue weighted by Crippen LogP contribution is -2.04. The van der Waals surface area contributed by atoms with Crippen molar-refractivity contribution in [1.29, 1.82) is 5.26 Å². The van der Waals surface area contributed by atoms with Crippen LogP contribution >= 0.6 is 0 Å². The molecule has 0 atom stereocenters. The van der Waals surface area contributed by atoms with E-state index < -0.39 is 0 Å². The van der Waals surface area contributed by atoms with E-state index in [1.165, 1.54) is 0 Å². The lowest BCUT2D eigenvalue weighted by molar-refractivity contribution is 0.474. The van der Waals surface area contributed by atoms with Gasteiger partial charge in [-0.2, -0.15) is 5.26 Å². The smallest absolute Gasteiger partial charge is 0.125 e. The molecule has 4 heteroatoms. The summed E-state index contributed by atoms with van der Waals surface area (Å²) in [7, 11) is 0. The molecule has 0 unspecified atom stereocenters. The summed E-state index contributed by atoms with van der Waals surface area (Å²) >= 11 is 0. The molecule has 32 heavy (non-hydrogen) atoms. The summed E-state index contributed by atoms with van der Waals surface area (Å²) in [5.74, 6) is 0.169. The summed E-state index contributed by atoms with van der Waals surface area (Å²) in [6, 6.07) is 32.3. The minimum Gasteiger partial charge on any atom is -0.507 e. The number of nitriles is 1. The van der Waals surface area contributed by atoms with Gasteiger partial charge in [-0.3, -0.25) is 4.99 Å². The number of benzene rings is 4. The molecule has 0 fully saturated rings. The maximum Gasteiger partial charge on any atom is 0.125 e. The molecule has 0 bridgehead atoms. The van der Waals surface area contributed by atoms with Crippen LogP contribution in [0.15, 0.2) is 107 Å². The number of aryl methyl sites for hydroxylation is 1. The molecule has 0 saturated heterocycles. The highest BCUT2D eigenvalue weighted by Crippen LogP contribution is 2.31. The molecule has 0 aromatic heterocycles. The third-order valence-corrected chi connectivity index (χ3v) is 4.99.